The number of hydrogen-bond acceptors (Lipinski definition) is 5. The van der Waals surface area contributed by atoms with E-state index in [0.29, 0.717) is 17.0 Å². The van der Waals surface area contributed by atoms with Gasteiger partial charge in [0.05, 0.1) is 6.54 Å². The van der Waals surface area contributed by atoms with E-state index in [1.165, 1.54) is 29.2 Å². The third-order valence-corrected chi connectivity index (χ3v) is 5.46. The Morgan fingerprint density at radius 1 is 1.34 bits per heavy atom. The highest BCUT2D eigenvalue weighted by Crippen LogP contribution is 2.33. The lowest BCUT2D eigenvalue weighted by Crippen LogP contribution is -2.35. The summed E-state index contributed by atoms with van der Waals surface area (Å²) in [6.07, 6.45) is 8.53. The first-order valence-electron chi connectivity index (χ1n) is 10.2. The maximum atomic E-state index is 14.7. The number of carbonyl (C=O) groups excluding carboxylic acids is 1. The van der Waals surface area contributed by atoms with Gasteiger partial charge in [-0.3, -0.25) is 19.0 Å². The molecule has 1 atom stereocenters. The van der Waals surface area contributed by atoms with Gasteiger partial charge in [-0.05, 0) is 62.6 Å². The fourth-order valence-corrected chi connectivity index (χ4v) is 3.82. The molecule has 172 valence electrons. The number of hydrogen-bond donors (Lipinski definition) is 2. The first-order valence-corrected chi connectivity index (χ1v) is 11.3. The molecule has 10 heteroatoms. The van der Waals surface area contributed by atoms with E-state index in [4.69, 9.17) is 9.29 Å². The second kappa shape index (κ2) is 11.3. The summed E-state index contributed by atoms with van der Waals surface area (Å²) in [5, 5.41) is 0. The molecular weight excluding hydrogens is 440 g/mol. The minimum absolute atomic E-state index is 0.0667. The lowest BCUT2D eigenvalue weighted by Gasteiger charge is -2.16. The fraction of sp³-hybridized carbons (Fsp3) is 0.364. The molecule has 1 fully saturated rings. The van der Waals surface area contributed by atoms with Crippen LogP contribution in [0.4, 0.5) is 8.78 Å². The molecule has 0 radical (unpaired) electrons. The van der Waals surface area contributed by atoms with E-state index in [1.807, 2.05) is 4.72 Å². The monoisotopic (exact) mass is 465 g/mol. The highest BCUT2D eigenvalue weighted by Gasteiger charge is 2.20. The van der Waals surface area contributed by atoms with E-state index in [0.717, 1.165) is 25.7 Å². The lowest BCUT2D eigenvalue weighted by molar-refractivity contribution is -0.120. The third-order valence-electron chi connectivity index (χ3n) is 5.06. The van der Waals surface area contributed by atoms with Crippen LogP contribution < -0.4 is 9.46 Å². The zero-order valence-electron chi connectivity index (χ0n) is 17.6. The van der Waals surface area contributed by atoms with Gasteiger partial charge in [-0.2, -0.15) is 0 Å². The summed E-state index contributed by atoms with van der Waals surface area (Å²) in [5.74, 6) is -1.74. The van der Waals surface area contributed by atoms with Crippen molar-refractivity contribution < 1.29 is 27.1 Å². The maximum absolute atomic E-state index is 14.7. The van der Waals surface area contributed by atoms with Crippen LogP contribution in [0.25, 0.3) is 17.2 Å². The third kappa shape index (κ3) is 6.65. The van der Waals surface area contributed by atoms with Crippen LogP contribution in [0.2, 0.25) is 0 Å². The molecule has 2 aromatic rings. The van der Waals surface area contributed by atoms with Crippen molar-refractivity contribution >= 4 is 23.2 Å². The van der Waals surface area contributed by atoms with Gasteiger partial charge in [0.15, 0.2) is 0 Å². The number of rotatable bonds is 9. The number of likely N-dealkylation sites (N-methyl/N-ethyl adjacent to an activating group) is 1. The highest BCUT2D eigenvalue weighted by atomic mass is 32.2. The summed E-state index contributed by atoms with van der Waals surface area (Å²) in [6, 6.07) is 5.91. The summed E-state index contributed by atoms with van der Waals surface area (Å²) in [6.45, 7) is 0.0550. The normalized spacial score (nSPS) is 15.4. The Hall–Kier alpha value is -2.69. The van der Waals surface area contributed by atoms with Crippen LogP contribution in [0.1, 0.15) is 31.2 Å². The highest BCUT2D eigenvalue weighted by molar-refractivity contribution is 7.77. The van der Waals surface area contributed by atoms with Crippen LogP contribution in [0.3, 0.4) is 0 Å². The molecule has 3 rings (SSSR count). The van der Waals surface area contributed by atoms with Gasteiger partial charge in [0.2, 0.25) is 11.8 Å². The SMILES string of the molecule is CN(C/C=C/c1c(F)cc(-c2cccnc2OC2CCCC2)cc1F)CC(=O)NS(=O)O. The second-order valence-corrected chi connectivity index (χ2v) is 8.31. The molecule has 7 nitrogen and oxygen atoms in total. The predicted molar refractivity (Wildman–Crippen MR) is 118 cm³/mol. The minimum Gasteiger partial charge on any atom is -0.474 e. The summed E-state index contributed by atoms with van der Waals surface area (Å²) < 4.78 is 56.4. The van der Waals surface area contributed by atoms with Gasteiger partial charge in [0, 0.05) is 23.9 Å². The molecule has 1 unspecified atom stereocenters. The van der Waals surface area contributed by atoms with Crippen molar-refractivity contribution in [3.8, 4) is 17.0 Å². The number of nitrogens with one attached hydrogen (secondary N) is 1. The summed E-state index contributed by atoms with van der Waals surface area (Å²) >= 11 is -2.43. The largest absolute Gasteiger partial charge is 0.474 e. The van der Waals surface area contributed by atoms with E-state index in [1.54, 1.807) is 25.4 Å². The minimum atomic E-state index is -2.43. The maximum Gasteiger partial charge on any atom is 0.261 e. The Labute approximate surface area is 187 Å². The second-order valence-electron chi connectivity index (χ2n) is 7.61. The van der Waals surface area contributed by atoms with Gasteiger partial charge in [0.1, 0.15) is 17.7 Å². The number of amides is 1. The molecule has 0 bridgehead atoms. The van der Waals surface area contributed by atoms with Crippen molar-refractivity contribution in [1.82, 2.24) is 14.6 Å². The number of ether oxygens (including phenoxy) is 1. The van der Waals surface area contributed by atoms with Crippen LogP contribution >= 0.6 is 0 Å². The smallest absolute Gasteiger partial charge is 0.261 e. The van der Waals surface area contributed by atoms with Crippen LogP contribution in [0.15, 0.2) is 36.5 Å². The Bertz CT molecular complexity index is 989. The van der Waals surface area contributed by atoms with Gasteiger partial charge >= 0.3 is 0 Å². The molecule has 1 aliphatic carbocycles. The van der Waals surface area contributed by atoms with Crippen LogP contribution in [0.5, 0.6) is 5.88 Å². The van der Waals surface area contributed by atoms with Crippen molar-refractivity contribution in [2.24, 2.45) is 0 Å². The van der Waals surface area contributed by atoms with E-state index >= 15 is 0 Å². The summed E-state index contributed by atoms with van der Waals surface area (Å²) in [5.41, 5.74) is 0.661. The number of benzene rings is 1. The molecule has 2 N–H and O–H groups in total. The van der Waals surface area contributed by atoms with Gasteiger partial charge in [-0.15, -0.1) is 0 Å². The number of carbonyl (C=O) groups is 1. The van der Waals surface area contributed by atoms with Crippen molar-refractivity contribution in [3.05, 3.63) is 53.7 Å². The van der Waals surface area contributed by atoms with Crippen LogP contribution in [0, 0.1) is 11.6 Å². The summed E-state index contributed by atoms with van der Waals surface area (Å²) in [4.78, 5) is 17.2. The topological polar surface area (TPSA) is 91.8 Å². The van der Waals surface area contributed by atoms with Crippen LogP contribution in [-0.4, -0.2) is 50.8 Å². The van der Waals surface area contributed by atoms with Crippen LogP contribution in [-0.2, 0) is 16.1 Å². The number of halogens is 2. The zero-order chi connectivity index (χ0) is 23.1. The van der Waals surface area contributed by atoms with Crippen molar-refractivity contribution in [3.63, 3.8) is 0 Å². The van der Waals surface area contributed by atoms with Crippen molar-refractivity contribution in [1.29, 1.82) is 0 Å². The molecular formula is C22H25F2N3O4S. The molecule has 0 aliphatic heterocycles. The standard InChI is InChI=1S/C22H25F2N3O4S/c1-27(14-21(28)26-32(29)30)11-5-9-18-19(23)12-15(13-20(18)24)17-8-4-10-25-22(17)31-16-6-2-3-7-16/h4-5,8-10,12-13,16H,2-3,6-7,11,14H2,1H3,(H,26,28)(H,29,30)/b9-5+. The first-order chi connectivity index (χ1) is 15.3. The molecule has 32 heavy (non-hydrogen) atoms. The molecule has 1 saturated carbocycles. The molecule has 1 heterocycles. The van der Waals surface area contributed by atoms with E-state index in [9.17, 15) is 17.8 Å². The molecule has 0 saturated heterocycles. The Kier molecular flexibility index (Phi) is 8.43. The average Bonchev–Trinajstić information content (AvgIpc) is 3.22. The lowest BCUT2D eigenvalue weighted by atomic mass is 10.0. The first kappa shape index (κ1) is 24.0. The Morgan fingerprint density at radius 2 is 2.03 bits per heavy atom. The molecule has 1 aliphatic rings. The fourth-order valence-electron chi connectivity index (χ4n) is 3.56. The van der Waals surface area contributed by atoms with Gasteiger partial charge < -0.3 is 4.74 Å². The number of aromatic nitrogens is 1. The zero-order valence-corrected chi connectivity index (χ0v) is 18.4. The quantitative estimate of drug-likeness (QED) is 0.551. The molecule has 1 aromatic carbocycles. The molecule has 1 aromatic heterocycles. The Morgan fingerprint density at radius 3 is 2.69 bits per heavy atom. The van der Waals surface area contributed by atoms with Gasteiger partial charge in [0.25, 0.3) is 11.3 Å². The van der Waals surface area contributed by atoms with Crippen molar-refractivity contribution in [2.45, 2.75) is 31.8 Å². The van der Waals surface area contributed by atoms with Gasteiger partial charge in [-0.25, -0.2) is 18.0 Å². The van der Waals surface area contributed by atoms with E-state index in [-0.39, 0.29) is 24.8 Å². The van der Waals surface area contributed by atoms with E-state index in [2.05, 4.69) is 4.98 Å². The Balaban J connectivity index is 1.71. The molecule has 1 amide bonds. The van der Waals surface area contributed by atoms with Gasteiger partial charge in [-0.1, -0.05) is 12.2 Å². The number of nitrogens with zero attached hydrogens (tertiary/aromatic N) is 2. The van der Waals surface area contributed by atoms with E-state index < -0.39 is 28.8 Å². The molecule has 0 spiro atoms. The van der Waals surface area contributed by atoms with Crippen molar-refractivity contribution in [2.75, 3.05) is 20.1 Å². The summed E-state index contributed by atoms with van der Waals surface area (Å²) in [7, 11) is 1.59. The average molecular weight is 466 g/mol. The predicted octanol–water partition coefficient (Wildman–Crippen LogP) is 3.55. The number of pyridine rings is 1.